The fraction of sp³-hybridized carbons (Fsp3) is 0.667. The Balaban J connectivity index is 1.54. The molecule has 6 nitrogen and oxygen atoms in total. The summed E-state index contributed by atoms with van der Waals surface area (Å²) < 4.78 is 28.3. The van der Waals surface area contributed by atoms with Gasteiger partial charge in [-0.25, -0.2) is 0 Å². The van der Waals surface area contributed by atoms with E-state index >= 15 is 0 Å². The van der Waals surface area contributed by atoms with Crippen LogP contribution in [0.25, 0.3) is 0 Å². The van der Waals surface area contributed by atoms with Crippen LogP contribution in [0.5, 0.6) is 0 Å². The van der Waals surface area contributed by atoms with Gasteiger partial charge in [0.1, 0.15) is 0 Å². The van der Waals surface area contributed by atoms with Crippen LogP contribution in [-0.4, -0.2) is 67.0 Å². The van der Waals surface area contributed by atoms with Crippen LogP contribution in [0.2, 0.25) is 0 Å². The fourth-order valence-electron chi connectivity index (χ4n) is 3.10. The number of carbonyl (C=O) groups excluding carboxylic acids is 1. The van der Waals surface area contributed by atoms with Crippen molar-refractivity contribution in [2.75, 3.05) is 39.3 Å². The van der Waals surface area contributed by atoms with E-state index in [1.807, 2.05) is 11.4 Å². The number of carbonyl (C=O) groups is 1. The molecule has 0 aromatic carbocycles. The normalized spacial score (nSPS) is 21.8. The van der Waals surface area contributed by atoms with Crippen molar-refractivity contribution < 1.29 is 13.2 Å². The molecule has 2 aliphatic rings. The first-order valence-corrected chi connectivity index (χ1v) is 10.3. The number of nitrogens with zero attached hydrogens (tertiary/aromatic N) is 3. The molecule has 0 radical (unpaired) electrons. The summed E-state index contributed by atoms with van der Waals surface area (Å²) >= 11 is 1.48. The largest absolute Gasteiger partial charge is 0.296 e. The second kappa shape index (κ2) is 6.98. The Morgan fingerprint density at radius 2 is 1.70 bits per heavy atom. The molecule has 2 fully saturated rings. The number of thiophene rings is 1. The predicted octanol–water partition coefficient (Wildman–Crippen LogP) is 1.41. The molecule has 3 heterocycles. The van der Waals surface area contributed by atoms with Crippen LogP contribution in [0.4, 0.5) is 0 Å². The van der Waals surface area contributed by atoms with E-state index in [4.69, 9.17) is 0 Å². The Hall–Kier alpha value is -0.800. The highest BCUT2D eigenvalue weighted by molar-refractivity contribution is 7.86. The first-order chi connectivity index (χ1) is 11.0. The minimum atomic E-state index is -3.27. The monoisotopic (exact) mass is 357 g/mol. The third-order valence-electron chi connectivity index (χ3n) is 4.46. The molecule has 0 N–H and O–H groups in total. The maximum atomic E-state index is 12.5. The fourth-order valence-corrected chi connectivity index (χ4v) is 5.58. The Bertz CT molecular complexity index is 657. The van der Waals surface area contributed by atoms with Gasteiger partial charge in [0.25, 0.3) is 10.2 Å². The summed E-state index contributed by atoms with van der Waals surface area (Å²) in [5.74, 6) is 0.0998. The molecular formula is C15H23N3O3S2. The standard InChI is InChI=1S/C15H23N3O3S2/c1-13(19)15-10-14(12-22-15)11-16-6-8-18(9-7-16)23(20,21)17-4-2-3-5-17/h10,12H,2-9,11H2,1H3. The van der Waals surface area contributed by atoms with Gasteiger partial charge in [-0.05, 0) is 36.8 Å². The zero-order valence-corrected chi connectivity index (χ0v) is 15.0. The van der Waals surface area contributed by atoms with Crippen LogP contribution in [0.1, 0.15) is 35.0 Å². The third kappa shape index (κ3) is 3.83. The average molecular weight is 358 g/mol. The molecule has 0 bridgehead atoms. The lowest BCUT2D eigenvalue weighted by Gasteiger charge is -2.35. The highest BCUT2D eigenvalue weighted by Gasteiger charge is 2.33. The zero-order chi connectivity index (χ0) is 16.4. The zero-order valence-electron chi connectivity index (χ0n) is 13.4. The molecule has 8 heteroatoms. The summed E-state index contributed by atoms with van der Waals surface area (Å²) in [6.45, 7) is 6.23. The molecule has 0 aliphatic carbocycles. The maximum absolute atomic E-state index is 12.5. The van der Waals surface area contributed by atoms with Gasteiger partial charge in [0.15, 0.2) is 5.78 Å². The molecule has 2 aliphatic heterocycles. The Kier molecular flexibility index (Phi) is 5.17. The number of hydrogen-bond acceptors (Lipinski definition) is 5. The van der Waals surface area contributed by atoms with Gasteiger partial charge < -0.3 is 0 Å². The summed E-state index contributed by atoms with van der Waals surface area (Å²) in [7, 11) is -3.27. The van der Waals surface area contributed by atoms with Crippen LogP contribution in [0.3, 0.4) is 0 Å². The molecule has 23 heavy (non-hydrogen) atoms. The van der Waals surface area contributed by atoms with Crippen molar-refractivity contribution in [1.82, 2.24) is 13.5 Å². The van der Waals surface area contributed by atoms with Crippen LogP contribution < -0.4 is 0 Å². The molecule has 2 saturated heterocycles. The van der Waals surface area contributed by atoms with Crippen LogP contribution in [-0.2, 0) is 16.8 Å². The van der Waals surface area contributed by atoms with Gasteiger partial charge in [-0.15, -0.1) is 11.3 Å². The summed E-state index contributed by atoms with van der Waals surface area (Å²) in [6.07, 6.45) is 1.94. The summed E-state index contributed by atoms with van der Waals surface area (Å²) in [5.41, 5.74) is 1.14. The van der Waals surface area contributed by atoms with E-state index in [0.717, 1.165) is 42.9 Å². The number of Topliss-reactive ketones (excluding diaryl/α,β-unsaturated/α-hetero) is 1. The van der Waals surface area contributed by atoms with E-state index in [9.17, 15) is 13.2 Å². The van der Waals surface area contributed by atoms with E-state index in [1.54, 1.807) is 15.5 Å². The van der Waals surface area contributed by atoms with Gasteiger partial charge in [-0.2, -0.15) is 17.0 Å². The quantitative estimate of drug-likeness (QED) is 0.748. The second-order valence-corrected chi connectivity index (χ2v) is 9.00. The van der Waals surface area contributed by atoms with Gasteiger partial charge in [-0.1, -0.05) is 0 Å². The molecule has 0 saturated carbocycles. The summed E-state index contributed by atoms with van der Waals surface area (Å²) in [5, 5.41) is 2.02. The predicted molar refractivity (Wildman–Crippen MR) is 90.9 cm³/mol. The average Bonchev–Trinajstić information content (AvgIpc) is 3.19. The van der Waals surface area contributed by atoms with Gasteiger partial charge in [-0.3, -0.25) is 9.69 Å². The van der Waals surface area contributed by atoms with Gasteiger partial charge in [0.05, 0.1) is 4.88 Å². The van der Waals surface area contributed by atoms with E-state index < -0.39 is 10.2 Å². The van der Waals surface area contributed by atoms with Crippen molar-refractivity contribution in [3.8, 4) is 0 Å². The first-order valence-electron chi connectivity index (χ1n) is 8.03. The van der Waals surface area contributed by atoms with E-state index in [1.165, 1.54) is 11.3 Å². The van der Waals surface area contributed by atoms with Crippen LogP contribution >= 0.6 is 11.3 Å². The smallest absolute Gasteiger partial charge is 0.282 e. The van der Waals surface area contributed by atoms with E-state index in [2.05, 4.69) is 4.90 Å². The molecule has 1 aromatic rings. The summed E-state index contributed by atoms with van der Waals surface area (Å²) in [4.78, 5) is 14.4. The molecule has 0 atom stereocenters. The van der Waals surface area contributed by atoms with Crippen molar-refractivity contribution in [2.24, 2.45) is 0 Å². The Morgan fingerprint density at radius 3 is 2.26 bits per heavy atom. The van der Waals surface area contributed by atoms with Crippen molar-refractivity contribution in [1.29, 1.82) is 0 Å². The lowest BCUT2D eigenvalue weighted by molar-refractivity contribution is 0.102. The van der Waals surface area contributed by atoms with Crippen LogP contribution in [0.15, 0.2) is 11.4 Å². The van der Waals surface area contributed by atoms with Gasteiger partial charge in [0, 0.05) is 45.8 Å². The SMILES string of the molecule is CC(=O)c1cc(CN2CCN(S(=O)(=O)N3CCCC3)CC2)cs1. The molecule has 0 unspecified atom stereocenters. The summed E-state index contributed by atoms with van der Waals surface area (Å²) in [6, 6.07) is 1.94. The third-order valence-corrected chi connectivity index (χ3v) is 7.57. The molecule has 0 amide bonds. The number of piperazine rings is 1. The molecule has 1 aromatic heterocycles. The lowest BCUT2D eigenvalue weighted by Crippen LogP contribution is -2.52. The van der Waals surface area contributed by atoms with Gasteiger partial charge in [0.2, 0.25) is 0 Å². The first kappa shape index (κ1) is 17.0. The maximum Gasteiger partial charge on any atom is 0.282 e. The minimum absolute atomic E-state index is 0.0998. The Morgan fingerprint density at radius 1 is 1.09 bits per heavy atom. The van der Waals surface area contributed by atoms with E-state index in [-0.39, 0.29) is 5.78 Å². The van der Waals surface area contributed by atoms with Gasteiger partial charge >= 0.3 is 0 Å². The van der Waals surface area contributed by atoms with Crippen molar-refractivity contribution in [3.63, 3.8) is 0 Å². The Labute approximate surface area is 141 Å². The minimum Gasteiger partial charge on any atom is -0.296 e. The molecule has 0 spiro atoms. The van der Waals surface area contributed by atoms with Crippen molar-refractivity contribution in [2.45, 2.75) is 26.3 Å². The second-order valence-electron chi connectivity index (χ2n) is 6.16. The van der Waals surface area contributed by atoms with Crippen molar-refractivity contribution in [3.05, 3.63) is 21.9 Å². The lowest BCUT2D eigenvalue weighted by atomic mass is 10.2. The van der Waals surface area contributed by atoms with Crippen molar-refractivity contribution >= 4 is 27.3 Å². The molecule has 128 valence electrons. The van der Waals surface area contributed by atoms with E-state index in [0.29, 0.717) is 26.2 Å². The number of rotatable bonds is 5. The topological polar surface area (TPSA) is 60.9 Å². The molecular weight excluding hydrogens is 334 g/mol. The highest BCUT2D eigenvalue weighted by atomic mass is 32.2. The highest BCUT2D eigenvalue weighted by Crippen LogP contribution is 2.20. The number of ketones is 1. The van der Waals surface area contributed by atoms with Crippen LogP contribution in [0, 0.1) is 0 Å². The number of hydrogen-bond donors (Lipinski definition) is 0. The molecule has 3 rings (SSSR count).